The molecule has 0 spiro atoms. The lowest BCUT2D eigenvalue weighted by Crippen LogP contribution is -1.99. The first-order valence-electron chi connectivity index (χ1n) is 11.2. The Labute approximate surface area is 192 Å². The van der Waals surface area contributed by atoms with E-state index in [2.05, 4.69) is 31.2 Å². The van der Waals surface area contributed by atoms with Gasteiger partial charge in [-0.2, -0.15) is 5.26 Å². The van der Waals surface area contributed by atoms with Gasteiger partial charge >= 0.3 is 0 Å². The van der Waals surface area contributed by atoms with Crippen molar-refractivity contribution in [3.63, 3.8) is 0 Å². The molecule has 0 aliphatic rings. The smallest absolute Gasteiger partial charge is 0.144 e. The van der Waals surface area contributed by atoms with Crippen LogP contribution in [0, 0.1) is 28.8 Å². The number of rotatable bonds is 7. The van der Waals surface area contributed by atoms with Crippen molar-refractivity contribution in [1.82, 2.24) is 0 Å². The van der Waals surface area contributed by atoms with Gasteiger partial charge in [0.05, 0.1) is 0 Å². The highest BCUT2D eigenvalue weighted by Crippen LogP contribution is 2.28. The van der Waals surface area contributed by atoms with Crippen LogP contribution in [0.5, 0.6) is 0 Å². The molecule has 33 heavy (non-hydrogen) atoms. The molecule has 4 aromatic rings. The number of unbranched alkanes of at least 4 members (excludes halogenated alkanes) is 1. The molecule has 0 fully saturated rings. The van der Waals surface area contributed by atoms with E-state index < -0.39 is 17.2 Å². The zero-order valence-electron chi connectivity index (χ0n) is 18.5. The van der Waals surface area contributed by atoms with Gasteiger partial charge in [0, 0.05) is 5.39 Å². The van der Waals surface area contributed by atoms with Crippen LogP contribution in [0.2, 0.25) is 0 Å². The quantitative estimate of drug-likeness (QED) is 0.285. The van der Waals surface area contributed by atoms with Gasteiger partial charge in [-0.25, -0.2) is 13.2 Å². The summed E-state index contributed by atoms with van der Waals surface area (Å²) in [5.74, 6) is -2.10. The van der Waals surface area contributed by atoms with Crippen molar-refractivity contribution < 1.29 is 13.2 Å². The first-order valence-corrected chi connectivity index (χ1v) is 11.2. The minimum Gasteiger partial charge on any atom is -0.206 e. The van der Waals surface area contributed by atoms with Gasteiger partial charge in [0.1, 0.15) is 29.1 Å². The first-order chi connectivity index (χ1) is 16.0. The highest BCUT2D eigenvalue weighted by atomic mass is 19.1. The molecule has 0 heterocycles. The van der Waals surface area contributed by atoms with Crippen LogP contribution >= 0.6 is 0 Å². The van der Waals surface area contributed by atoms with Crippen molar-refractivity contribution in [2.45, 2.75) is 39.0 Å². The Morgan fingerprint density at radius 3 is 2.09 bits per heavy atom. The summed E-state index contributed by atoms with van der Waals surface area (Å²) >= 11 is 0. The van der Waals surface area contributed by atoms with Gasteiger partial charge in [-0.05, 0) is 77.1 Å². The summed E-state index contributed by atoms with van der Waals surface area (Å²) in [6.07, 6.45) is 3.98. The molecule has 0 atom stereocenters. The van der Waals surface area contributed by atoms with Crippen LogP contribution in [0.15, 0.2) is 66.7 Å². The molecule has 166 valence electrons. The molecule has 0 radical (unpaired) electrons. The zero-order valence-corrected chi connectivity index (χ0v) is 18.5. The van der Waals surface area contributed by atoms with Gasteiger partial charge in [0.15, 0.2) is 0 Å². The molecule has 0 aliphatic carbocycles. The first kappa shape index (κ1) is 22.6. The number of nitriles is 1. The lowest BCUT2D eigenvalue weighted by molar-refractivity contribution is 0.572. The Balaban J connectivity index is 1.54. The lowest BCUT2D eigenvalue weighted by atomic mass is 9.96. The Morgan fingerprint density at radius 1 is 0.727 bits per heavy atom. The maximum Gasteiger partial charge on any atom is 0.144 e. The maximum atomic E-state index is 15.2. The van der Waals surface area contributed by atoms with Gasteiger partial charge in [-0.15, -0.1) is 0 Å². The molecule has 0 bridgehead atoms. The Kier molecular flexibility index (Phi) is 6.79. The third kappa shape index (κ3) is 4.93. The van der Waals surface area contributed by atoms with E-state index in [9.17, 15) is 8.78 Å². The average molecular weight is 444 g/mol. The van der Waals surface area contributed by atoms with Crippen molar-refractivity contribution in [2.24, 2.45) is 0 Å². The molecule has 0 aliphatic heterocycles. The number of fused-ring (bicyclic) bond motifs is 1. The number of aryl methyl sites for hydroxylation is 3. The summed E-state index contributed by atoms with van der Waals surface area (Å²) in [6, 6.07) is 21.6. The molecular formula is C29H24F3N. The second-order valence-corrected chi connectivity index (χ2v) is 8.32. The highest BCUT2D eigenvalue weighted by Gasteiger charge is 2.13. The molecule has 0 amide bonds. The van der Waals surface area contributed by atoms with E-state index in [-0.39, 0.29) is 12.2 Å². The van der Waals surface area contributed by atoms with E-state index >= 15 is 4.39 Å². The largest absolute Gasteiger partial charge is 0.206 e. The van der Waals surface area contributed by atoms with Gasteiger partial charge in [0.2, 0.25) is 0 Å². The van der Waals surface area contributed by atoms with Crippen LogP contribution in [-0.4, -0.2) is 0 Å². The second kappa shape index (κ2) is 9.92. The van der Waals surface area contributed by atoms with Gasteiger partial charge in [-0.3, -0.25) is 0 Å². The van der Waals surface area contributed by atoms with E-state index in [0.29, 0.717) is 22.9 Å². The maximum absolute atomic E-state index is 15.2. The SMILES string of the molecule is CCCCc1ccc(-c2ccc3c(F)c(CCc4cc(F)c(C#N)c(F)c4)ccc3c2)cc1. The number of hydrogen-bond donors (Lipinski definition) is 0. The number of hydrogen-bond acceptors (Lipinski definition) is 1. The van der Waals surface area contributed by atoms with Crippen LogP contribution < -0.4 is 0 Å². The Hall–Kier alpha value is -3.58. The molecular weight excluding hydrogens is 419 g/mol. The summed E-state index contributed by atoms with van der Waals surface area (Å²) in [4.78, 5) is 0. The average Bonchev–Trinajstić information content (AvgIpc) is 2.82. The van der Waals surface area contributed by atoms with E-state index in [1.165, 1.54) is 24.5 Å². The molecule has 4 rings (SSSR count). The molecule has 4 heteroatoms. The van der Waals surface area contributed by atoms with Crippen molar-refractivity contribution in [2.75, 3.05) is 0 Å². The summed E-state index contributed by atoms with van der Waals surface area (Å²) in [6.45, 7) is 2.18. The monoisotopic (exact) mass is 443 g/mol. The van der Waals surface area contributed by atoms with Crippen LogP contribution in [0.4, 0.5) is 13.2 Å². The normalized spacial score (nSPS) is 11.0. The van der Waals surface area contributed by atoms with E-state index in [0.717, 1.165) is 35.1 Å². The summed E-state index contributed by atoms with van der Waals surface area (Å²) in [5, 5.41) is 10.1. The topological polar surface area (TPSA) is 23.8 Å². The molecule has 1 nitrogen and oxygen atoms in total. The third-order valence-corrected chi connectivity index (χ3v) is 6.04. The van der Waals surface area contributed by atoms with E-state index in [1.54, 1.807) is 12.1 Å². The minimum absolute atomic E-state index is 0.268. The predicted octanol–water partition coefficient (Wildman–Crippen LogP) is 7.92. The number of nitrogens with zero attached hydrogens (tertiary/aromatic N) is 1. The van der Waals surface area contributed by atoms with Crippen LogP contribution in [0.25, 0.3) is 21.9 Å². The van der Waals surface area contributed by atoms with Crippen LogP contribution in [-0.2, 0) is 19.3 Å². The van der Waals surface area contributed by atoms with Crippen molar-refractivity contribution in [3.05, 3.63) is 106 Å². The fourth-order valence-electron chi connectivity index (χ4n) is 4.11. The molecule has 0 saturated heterocycles. The van der Waals surface area contributed by atoms with Gasteiger partial charge < -0.3 is 0 Å². The molecule has 4 aromatic carbocycles. The lowest BCUT2D eigenvalue weighted by Gasteiger charge is -2.10. The second-order valence-electron chi connectivity index (χ2n) is 8.32. The fraction of sp³-hybridized carbons (Fsp3) is 0.207. The number of benzene rings is 4. The van der Waals surface area contributed by atoms with Gasteiger partial charge in [-0.1, -0.05) is 61.9 Å². The summed E-state index contributed by atoms with van der Waals surface area (Å²) < 4.78 is 42.8. The summed E-state index contributed by atoms with van der Waals surface area (Å²) in [5.41, 5.74) is 3.72. The van der Waals surface area contributed by atoms with Crippen molar-refractivity contribution in [3.8, 4) is 17.2 Å². The molecule has 0 aromatic heterocycles. The summed E-state index contributed by atoms with van der Waals surface area (Å²) in [7, 11) is 0. The Bertz CT molecular complexity index is 1310. The predicted molar refractivity (Wildman–Crippen MR) is 126 cm³/mol. The minimum atomic E-state index is -0.891. The molecule has 0 saturated carbocycles. The highest BCUT2D eigenvalue weighted by molar-refractivity contribution is 5.88. The zero-order chi connectivity index (χ0) is 23.4. The fourth-order valence-corrected chi connectivity index (χ4v) is 4.11. The van der Waals surface area contributed by atoms with Crippen molar-refractivity contribution >= 4 is 10.8 Å². The standard InChI is InChI=1S/C29H24F3N/c1-2-3-4-19-5-8-21(9-6-19)23-13-14-25-24(17-23)12-11-22(29(25)32)10-7-20-15-27(30)26(18-33)28(31)16-20/h5-6,8-9,11-17H,2-4,7,10H2,1H3. The van der Waals surface area contributed by atoms with Crippen LogP contribution in [0.1, 0.15) is 42.0 Å². The van der Waals surface area contributed by atoms with Crippen molar-refractivity contribution in [1.29, 1.82) is 5.26 Å². The third-order valence-electron chi connectivity index (χ3n) is 6.04. The molecule has 0 unspecified atom stereocenters. The van der Waals surface area contributed by atoms with Gasteiger partial charge in [0.25, 0.3) is 0 Å². The molecule has 0 N–H and O–H groups in total. The Morgan fingerprint density at radius 2 is 1.42 bits per heavy atom. The van der Waals surface area contributed by atoms with E-state index in [1.807, 2.05) is 18.2 Å². The van der Waals surface area contributed by atoms with Crippen LogP contribution in [0.3, 0.4) is 0 Å². The number of halogens is 3. The van der Waals surface area contributed by atoms with E-state index in [4.69, 9.17) is 5.26 Å².